The molecule has 0 unspecified atom stereocenters. The van der Waals surface area contributed by atoms with Crippen LogP contribution in [0.4, 0.5) is 4.79 Å². The van der Waals surface area contributed by atoms with Crippen molar-refractivity contribution in [3.8, 4) is 0 Å². The Morgan fingerprint density at radius 2 is 1.48 bits per heavy atom. The van der Waals surface area contributed by atoms with E-state index in [1.54, 1.807) is 6.92 Å². The van der Waals surface area contributed by atoms with Crippen molar-refractivity contribution in [3.05, 3.63) is 11.8 Å². The Labute approximate surface area is 150 Å². The van der Waals surface area contributed by atoms with E-state index in [1.807, 2.05) is 4.90 Å². The minimum atomic E-state index is -0.507. The number of carbonyl (C=O) groups is 2. The van der Waals surface area contributed by atoms with Gasteiger partial charge in [0.05, 0.1) is 12.3 Å². The summed E-state index contributed by atoms with van der Waals surface area (Å²) >= 11 is 0. The first-order chi connectivity index (χ1) is 12.1. The Morgan fingerprint density at radius 3 is 1.96 bits per heavy atom. The molecule has 0 saturated heterocycles. The summed E-state index contributed by atoms with van der Waals surface area (Å²) in [5, 5.41) is 0. The van der Waals surface area contributed by atoms with Crippen LogP contribution in [0.15, 0.2) is 11.8 Å². The Bertz CT molecular complexity index is 448. The van der Waals surface area contributed by atoms with Gasteiger partial charge in [-0.25, -0.2) is 9.59 Å². The summed E-state index contributed by atoms with van der Waals surface area (Å²) in [5.41, 5.74) is 5.98. The highest BCUT2D eigenvalue weighted by molar-refractivity contribution is 5.82. The van der Waals surface area contributed by atoms with Gasteiger partial charge in [0.2, 0.25) is 0 Å². The number of nitrogens with zero attached hydrogens (tertiary/aromatic N) is 1. The zero-order chi connectivity index (χ0) is 18.1. The van der Waals surface area contributed by atoms with E-state index in [4.69, 9.17) is 15.2 Å². The zero-order valence-electron chi connectivity index (χ0n) is 15.4. The smallest absolute Gasteiger partial charge is 0.410 e. The molecule has 1 amide bonds. The van der Waals surface area contributed by atoms with Gasteiger partial charge in [0.15, 0.2) is 0 Å². The minimum absolute atomic E-state index is 0.0758. The van der Waals surface area contributed by atoms with E-state index >= 15 is 0 Å². The first-order valence-corrected chi connectivity index (χ1v) is 9.69. The third-order valence-corrected chi connectivity index (χ3v) is 5.10. The maximum atomic E-state index is 12.8. The van der Waals surface area contributed by atoms with Crippen molar-refractivity contribution in [2.75, 3.05) is 13.2 Å². The van der Waals surface area contributed by atoms with Crippen LogP contribution in [0.25, 0.3) is 0 Å². The molecule has 0 radical (unpaired) electrons. The number of hydrogen-bond donors (Lipinski definition) is 1. The number of esters is 1. The van der Waals surface area contributed by atoms with E-state index in [0.717, 1.165) is 25.7 Å². The molecule has 6 nitrogen and oxygen atoms in total. The molecule has 0 aromatic heterocycles. The van der Waals surface area contributed by atoms with Crippen molar-refractivity contribution in [1.82, 2.24) is 4.90 Å². The summed E-state index contributed by atoms with van der Waals surface area (Å²) in [6, 6.07) is 0.555. The van der Waals surface area contributed by atoms with Crippen LogP contribution < -0.4 is 5.73 Å². The van der Waals surface area contributed by atoms with Gasteiger partial charge in [-0.15, -0.1) is 0 Å². The monoisotopic (exact) mass is 352 g/mol. The van der Waals surface area contributed by atoms with Crippen LogP contribution in [-0.4, -0.2) is 42.3 Å². The number of rotatable bonds is 6. The molecule has 2 fully saturated rings. The molecule has 142 valence electrons. The van der Waals surface area contributed by atoms with E-state index in [9.17, 15) is 9.59 Å². The van der Waals surface area contributed by atoms with Crippen LogP contribution in [0, 0.1) is 0 Å². The van der Waals surface area contributed by atoms with Crippen LogP contribution >= 0.6 is 0 Å². The molecule has 0 aromatic carbocycles. The van der Waals surface area contributed by atoms with Gasteiger partial charge in [-0.2, -0.15) is 0 Å². The van der Waals surface area contributed by atoms with Gasteiger partial charge in [-0.3, -0.25) is 0 Å². The summed E-state index contributed by atoms with van der Waals surface area (Å²) < 4.78 is 10.2. The van der Waals surface area contributed by atoms with Gasteiger partial charge in [0, 0.05) is 18.2 Å². The van der Waals surface area contributed by atoms with Crippen molar-refractivity contribution in [2.24, 2.45) is 5.73 Å². The molecule has 2 rings (SSSR count). The third-order valence-electron chi connectivity index (χ3n) is 5.10. The molecular formula is C19H32N2O4. The normalized spacial score (nSPS) is 20.1. The standard InChI is InChI=1S/C19H32N2O4/c1-2-24-18(22)13-15(20)14-25-19(23)21(16-9-5-3-6-10-16)17-11-7-4-8-12-17/h13,16-17H,2-12,14,20H2,1H3/b15-13-. The largest absolute Gasteiger partial charge is 0.463 e. The van der Waals surface area contributed by atoms with E-state index in [2.05, 4.69) is 0 Å². The molecule has 2 N–H and O–H groups in total. The number of amides is 1. The second-order valence-electron chi connectivity index (χ2n) is 7.02. The van der Waals surface area contributed by atoms with Crippen molar-refractivity contribution in [2.45, 2.75) is 83.2 Å². The van der Waals surface area contributed by atoms with E-state index in [1.165, 1.54) is 44.6 Å². The molecule has 0 spiro atoms. The molecule has 0 aromatic rings. The van der Waals surface area contributed by atoms with Crippen molar-refractivity contribution < 1.29 is 19.1 Å². The Balaban J connectivity index is 1.95. The lowest BCUT2D eigenvalue weighted by molar-refractivity contribution is -0.137. The lowest BCUT2D eigenvalue weighted by Gasteiger charge is -2.40. The highest BCUT2D eigenvalue weighted by Crippen LogP contribution is 2.30. The lowest BCUT2D eigenvalue weighted by Crippen LogP contribution is -2.49. The Morgan fingerprint density at radius 1 is 0.960 bits per heavy atom. The summed E-state index contributed by atoms with van der Waals surface area (Å²) in [5.74, 6) is -0.507. The van der Waals surface area contributed by atoms with Gasteiger partial charge in [0.1, 0.15) is 6.61 Å². The fraction of sp³-hybridized carbons (Fsp3) is 0.789. The van der Waals surface area contributed by atoms with Crippen molar-refractivity contribution >= 4 is 12.1 Å². The maximum Gasteiger partial charge on any atom is 0.410 e. The fourth-order valence-electron chi connectivity index (χ4n) is 3.91. The van der Waals surface area contributed by atoms with Crippen molar-refractivity contribution in [3.63, 3.8) is 0 Å². The first-order valence-electron chi connectivity index (χ1n) is 9.69. The second kappa shape index (κ2) is 10.3. The van der Waals surface area contributed by atoms with Gasteiger partial charge >= 0.3 is 12.1 Å². The summed E-state index contributed by atoms with van der Waals surface area (Å²) in [6.45, 7) is 1.95. The molecule has 6 heteroatoms. The van der Waals surface area contributed by atoms with Crippen LogP contribution in [0.3, 0.4) is 0 Å². The molecule has 2 aliphatic rings. The summed E-state index contributed by atoms with van der Waals surface area (Å²) in [7, 11) is 0. The van der Waals surface area contributed by atoms with Gasteiger partial charge < -0.3 is 20.1 Å². The molecule has 2 aliphatic carbocycles. The molecule has 0 aliphatic heterocycles. The summed E-state index contributed by atoms with van der Waals surface area (Å²) in [4.78, 5) is 26.1. The summed E-state index contributed by atoms with van der Waals surface area (Å²) in [6.07, 6.45) is 12.3. The quantitative estimate of drug-likeness (QED) is 0.584. The van der Waals surface area contributed by atoms with Gasteiger partial charge in [-0.1, -0.05) is 38.5 Å². The molecular weight excluding hydrogens is 320 g/mol. The van der Waals surface area contributed by atoms with E-state index in [0.29, 0.717) is 6.61 Å². The van der Waals surface area contributed by atoms with Crippen LogP contribution in [0.2, 0.25) is 0 Å². The average Bonchev–Trinajstić information content (AvgIpc) is 2.62. The fourth-order valence-corrected chi connectivity index (χ4v) is 3.91. The predicted octanol–water partition coefficient (Wildman–Crippen LogP) is 3.50. The SMILES string of the molecule is CCOC(=O)/C=C(\N)COC(=O)N(C1CCCCC1)C1CCCCC1. The lowest BCUT2D eigenvalue weighted by atomic mass is 9.89. The number of carbonyl (C=O) groups excluding carboxylic acids is 2. The Kier molecular flexibility index (Phi) is 8.09. The number of hydrogen-bond acceptors (Lipinski definition) is 5. The third kappa shape index (κ3) is 6.25. The van der Waals surface area contributed by atoms with E-state index < -0.39 is 5.97 Å². The second-order valence-corrected chi connectivity index (χ2v) is 7.02. The molecule has 2 saturated carbocycles. The van der Waals surface area contributed by atoms with Crippen LogP contribution in [0.1, 0.15) is 71.1 Å². The van der Waals surface area contributed by atoms with Crippen molar-refractivity contribution in [1.29, 1.82) is 0 Å². The van der Waals surface area contributed by atoms with Crippen LogP contribution in [-0.2, 0) is 14.3 Å². The minimum Gasteiger partial charge on any atom is -0.463 e. The van der Waals surface area contributed by atoms with Gasteiger partial charge in [0.25, 0.3) is 0 Å². The average molecular weight is 352 g/mol. The molecule has 0 heterocycles. The topological polar surface area (TPSA) is 81.9 Å². The zero-order valence-corrected chi connectivity index (χ0v) is 15.4. The number of nitrogens with two attached hydrogens (primary N) is 1. The molecule has 25 heavy (non-hydrogen) atoms. The molecule has 0 bridgehead atoms. The van der Waals surface area contributed by atoms with E-state index in [-0.39, 0.29) is 30.5 Å². The predicted molar refractivity (Wildman–Crippen MR) is 95.8 cm³/mol. The maximum absolute atomic E-state index is 12.8. The number of ether oxygens (including phenoxy) is 2. The molecule has 0 atom stereocenters. The Hall–Kier alpha value is -1.72. The highest BCUT2D eigenvalue weighted by Gasteiger charge is 2.33. The first kappa shape index (κ1) is 19.6. The van der Waals surface area contributed by atoms with Gasteiger partial charge in [-0.05, 0) is 32.6 Å². The highest BCUT2D eigenvalue weighted by atomic mass is 16.6. The van der Waals surface area contributed by atoms with Crippen LogP contribution in [0.5, 0.6) is 0 Å².